The summed E-state index contributed by atoms with van der Waals surface area (Å²) in [4.78, 5) is 2.45. The second-order valence-electron chi connectivity index (χ2n) is 4.71. The number of hydrogen-bond acceptors (Lipinski definition) is 3. The van der Waals surface area contributed by atoms with Gasteiger partial charge in [0.05, 0.1) is 0 Å². The van der Waals surface area contributed by atoms with E-state index in [1.54, 1.807) is 0 Å². The highest BCUT2D eigenvalue weighted by Gasteiger charge is 2.10. The van der Waals surface area contributed by atoms with Crippen LogP contribution in [0.2, 0.25) is 5.02 Å². The molecular formula is C14H21ClN2O. The van der Waals surface area contributed by atoms with Crippen molar-refractivity contribution in [2.45, 2.75) is 25.8 Å². The Labute approximate surface area is 114 Å². The minimum absolute atomic E-state index is 0.482. The maximum Gasteiger partial charge on any atom is 0.125 e. The first kappa shape index (κ1) is 13.7. The van der Waals surface area contributed by atoms with Gasteiger partial charge in [-0.3, -0.25) is 4.90 Å². The Bertz CT molecular complexity index is 378. The second-order valence-corrected chi connectivity index (χ2v) is 5.14. The van der Waals surface area contributed by atoms with Gasteiger partial charge in [0.15, 0.2) is 0 Å². The molecule has 0 aromatic heterocycles. The minimum atomic E-state index is 0.482. The molecule has 0 saturated carbocycles. The van der Waals surface area contributed by atoms with Gasteiger partial charge < -0.3 is 10.5 Å². The summed E-state index contributed by atoms with van der Waals surface area (Å²) in [6.07, 6.45) is 3.99. The van der Waals surface area contributed by atoms with Gasteiger partial charge in [0.25, 0.3) is 0 Å². The van der Waals surface area contributed by atoms with Crippen molar-refractivity contribution in [2.24, 2.45) is 5.73 Å². The average Bonchev–Trinajstić information content (AvgIpc) is 2.40. The Morgan fingerprint density at radius 3 is 2.72 bits per heavy atom. The molecule has 0 spiro atoms. The summed E-state index contributed by atoms with van der Waals surface area (Å²) in [5.41, 5.74) is 6.69. The summed E-state index contributed by atoms with van der Waals surface area (Å²) in [5, 5.41) is 0.695. The lowest BCUT2D eigenvalue weighted by Gasteiger charge is -2.26. The van der Waals surface area contributed by atoms with Gasteiger partial charge in [0.1, 0.15) is 12.4 Å². The van der Waals surface area contributed by atoms with Gasteiger partial charge in [-0.05, 0) is 38.1 Å². The predicted octanol–water partition coefficient (Wildman–Crippen LogP) is 2.66. The minimum Gasteiger partial charge on any atom is -0.492 e. The molecule has 0 atom stereocenters. The van der Waals surface area contributed by atoms with Gasteiger partial charge >= 0.3 is 0 Å². The van der Waals surface area contributed by atoms with Gasteiger partial charge in [-0.15, -0.1) is 0 Å². The smallest absolute Gasteiger partial charge is 0.125 e. The fraction of sp³-hybridized carbons (Fsp3) is 0.571. The van der Waals surface area contributed by atoms with Gasteiger partial charge in [0.2, 0.25) is 0 Å². The van der Waals surface area contributed by atoms with Crippen LogP contribution < -0.4 is 10.5 Å². The molecule has 0 amide bonds. The van der Waals surface area contributed by atoms with Crippen LogP contribution in [0.3, 0.4) is 0 Å². The van der Waals surface area contributed by atoms with Gasteiger partial charge in [-0.2, -0.15) is 0 Å². The number of halogens is 1. The first-order valence-electron chi connectivity index (χ1n) is 6.63. The topological polar surface area (TPSA) is 38.5 Å². The van der Waals surface area contributed by atoms with Crippen LogP contribution in [0.1, 0.15) is 24.8 Å². The molecule has 0 aliphatic carbocycles. The van der Waals surface area contributed by atoms with Crippen molar-refractivity contribution in [2.75, 3.05) is 26.2 Å². The number of piperidine rings is 1. The Morgan fingerprint density at radius 2 is 2.00 bits per heavy atom. The van der Waals surface area contributed by atoms with Crippen LogP contribution >= 0.6 is 11.6 Å². The number of likely N-dealkylation sites (tertiary alicyclic amines) is 1. The molecule has 1 aliphatic heterocycles. The Hall–Kier alpha value is -0.770. The monoisotopic (exact) mass is 268 g/mol. The van der Waals surface area contributed by atoms with E-state index in [-0.39, 0.29) is 0 Å². The predicted molar refractivity (Wildman–Crippen MR) is 75.1 cm³/mol. The zero-order valence-electron chi connectivity index (χ0n) is 10.7. The summed E-state index contributed by atoms with van der Waals surface area (Å²) in [6, 6.07) is 5.62. The third-order valence-electron chi connectivity index (χ3n) is 3.36. The molecule has 2 rings (SSSR count). The molecule has 1 saturated heterocycles. The highest BCUT2D eigenvalue weighted by molar-refractivity contribution is 6.30. The molecule has 0 bridgehead atoms. The lowest BCUT2D eigenvalue weighted by atomic mass is 10.1. The van der Waals surface area contributed by atoms with Crippen molar-refractivity contribution in [1.29, 1.82) is 0 Å². The Kier molecular flexibility index (Phi) is 5.29. The van der Waals surface area contributed by atoms with E-state index in [9.17, 15) is 0 Å². The fourth-order valence-electron chi connectivity index (χ4n) is 2.30. The average molecular weight is 269 g/mol. The van der Waals surface area contributed by atoms with Crippen molar-refractivity contribution in [1.82, 2.24) is 4.90 Å². The molecule has 4 heteroatoms. The van der Waals surface area contributed by atoms with E-state index in [1.807, 2.05) is 18.2 Å². The van der Waals surface area contributed by atoms with Crippen molar-refractivity contribution >= 4 is 11.6 Å². The summed E-state index contributed by atoms with van der Waals surface area (Å²) in [5.74, 6) is 0.821. The summed E-state index contributed by atoms with van der Waals surface area (Å²) >= 11 is 5.97. The fourth-order valence-corrected chi connectivity index (χ4v) is 2.46. The Balaban J connectivity index is 1.83. The van der Waals surface area contributed by atoms with Gasteiger partial charge in [-0.1, -0.05) is 24.1 Å². The van der Waals surface area contributed by atoms with Crippen LogP contribution in [-0.4, -0.2) is 31.1 Å². The van der Waals surface area contributed by atoms with E-state index < -0.39 is 0 Å². The Morgan fingerprint density at radius 1 is 1.22 bits per heavy atom. The number of nitrogens with zero attached hydrogens (tertiary/aromatic N) is 1. The molecule has 0 radical (unpaired) electrons. The zero-order chi connectivity index (χ0) is 12.8. The molecule has 1 aromatic rings. The van der Waals surface area contributed by atoms with E-state index in [0.717, 1.165) is 17.9 Å². The molecule has 1 aromatic carbocycles. The lowest BCUT2D eigenvalue weighted by molar-refractivity contribution is 0.183. The van der Waals surface area contributed by atoms with E-state index in [0.29, 0.717) is 18.2 Å². The van der Waals surface area contributed by atoms with E-state index in [4.69, 9.17) is 22.1 Å². The highest BCUT2D eigenvalue weighted by atomic mass is 35.5. The SMILES string of the molecule is NCc1ccc(Cl)cc1OCCN1CCCCC1. The molecule has 3 nitrogen and oxygen atoms in total. The van der Waals surface area contributed by atoms with E-state index in [2.05, 4.69) is 4.90 Å². The first-order valence-corrected chi connectivity index (χ1v) is 7.01. The standard InChI is InChI=1S/C14H21ClN2O/c15-13-5-4-12(11-16)14(10-13)18-9-8-17-6-2-1-3-7-17/h4-5,10H,1-3,6-9,11,16H2. The molecule has 1 aliphatic rings. The van der Waals surface area contributed by atoms with Crippen LogP contribution in [0.5, 0.6) is 5.75 Å². The number of rotatable bonds is 5. The zero-order valence-corrected chi connectivity index (χ0v) is 11.5. The summed E-state index contributed by atoms with van der Waals surface area (Å²) in [7, 11) is 0. The molecule has 1 fully saturated rings. The van der Waals surface area contributed by atoms with Gasteiger partial charge in [-0.25, -0.2) is 0 Å². The third kappa shape index (κ3) is 3.87. The quantitative estimate of drug-likeness (QED) is 0.892. The van der Waals surface area contributed by atoms with Crippen LogP contribution in [0.4, 0.5) is 0 Å². The van der Waals surface area contributed by atoms with Gasteiger partial charge in [0, 0.05) is 23.7 Å². The second kappa shape index (κ2) is 6.98. The van der Waals surface area contributed by atoms with Crippen molar-refractivity contribution in [3.05, 3.63) is 28.8 Å². The molecule has 1 heterocycles. The van der Waals surface area contributed by atoms with Crippen molar-refractivity contribution in [3.8, 4) is 5.75 Å². The van der Waals surface area contributed by atoms with Crippen LogP contribution in [0, 0.1) is 0 Å². The van der Waals surface area contributed by atoms with E-state index in [1.165, 1.54) is 32.4 Å². The van der Waals surface area contributed by atoms with Crippen LogP contribution in [0.15, 0.2) is 18.2 Å². The first-order chi connectivity index (χ1) is 8.79. The molecule has 18 heavy (non-hydrogen) atoms. The van der Waals surface area contributed by atoms with Crippen molar-refractivity contribution < 1.29 is 4.74 Å². The molecule has 2 N–H and O–H groups in total. The molecule has 0 unspecified atom stereocenters. The highest BCUT2D eigenvalue weighted by Crippen LogP contribution is 2.23. The van der Waals surface area contributed by atoms with E-state index >= 15 is 0 Å². The third-order valence-corrected chi connectivity index (χ3v) is 3.60. The summed E-state index contributed by atoms with van der Waals surface area (Å²) in [6.45, 7) is 4.56. The largest absolute Gasteiger partial charge is 0.492 e. The normalized spacial score (nSPS) is 16.8. The van der Waals surface area contributed by atoms with Crippen LogP contribution in [-0.2, 0) is 6.54 Å². The molecule has 100 valence electrons. The molecular weight excluding hydrogens is 248 g/mol. The maximum absolute atomic E-state index is 5.97. The number of hydrogen-bond donors (Lipinski definition) is 1. The lowest BCUT2D eigenvalue weighted by Crippen LogP contribution is -2.33. The van der Waals surface area contributed by atoms with Crippen molar-refractivity contribution in [3.63, 3.8) is 0 Å². The number of benzene rings is 1. The summed E-state index contributed by atoms with van der Waals surface area (Å²) < 4.78 is 5.81. The van der Waals surface area contributed by atoms with Crippen LogP contribution in [0.25, 0.3) is 0 Å². The number of ether oxygens (including phenoxy) is 1. The maximum atomic E-state index is 5.97. The number of nitrogens with two attached hydrogens (primary N) is 1.